The molecule has 3 heterocycles. The number of aryl methyl sites for hydroxylation is 1. The predicted molar refractivity (Wildman–Crippen MR) is 129 cm³/mol. The van der Waals surface area contributed by atoms with E-state index < -0.39 is 16.0 Å². The number of hydrogen-bond donors (Lipinski definition) is 0. The van der Waals surface area contributed by atoms with E-state index in [9.17, 15) is 13.2 Å². The highest BCUT2D eigenvalue weighted by Gasteiger charge is 2.29. The lowest BCUT2D eigenvalue weighted by Gasteiger charge is -2.27. The summed E-state index contributed by atoms with van der Waals surface area (Å²) in [5, 5.41) is 0.860. The van der Waals surface area contributed by atoms with Gasteiger partial charge in [0.15, 0.2) is 5.75 Å². The molecule has 0 unspecified atom stereocenters. The molecule has 0 saturated carbocycles. The fourth-order valence-corrected chi connectivity index (χ4v) is 5.90. The molecule has 1 aromatic heterocycles. The highest BCUT2D eigenvalue weighted by atomic mass is 32.2. The summed E-state index contributed by atoms with van der Waals surface area (Å²) in [6.45, 7) is 4.79. The van der Waals surface area contributed by atoms with Crippen molar-refractivity contribution in [1.82, 2.24) is 9.29 Å². The number of carbonyl (C=O) groups excluding carboxylic acids is 1. The molecule has 0 bridgehead atoms. The van der Waals surface area contributed by atoms with Crippen molar-refractivity contribution in [2.24, 2.45) is 0 Å². The number of nitrogens with zero attached hydrogens (tertiary/aromatic N) is 3. The minimum absolute atomic E-state index is 0.0798. The Morgan fingerprint density at radius 1 is 1.00 bits per heavy atom. The summed E-state index contributed by atoms with van der Waals surface area (Å²) in [6.07, 6.45) is 2.05. The first-order valence-corrected chi connectivity index (χ1v) is 12.9. The number of sulfonamides is 1. The predicted octanol–water partition coefficient (Wildman–Crippen LogP) is 3.38. The molecule has 0 spiro atoms. The zero-order chi connectivity index (χ0) is 23.7. The van der Waals surface area contributed by atoms with Crippen molar-refractivity contribution in [1.29, 1.82) is 0 Å². The van der Waals surface area contributed by atoms with Crippen LogP contribution in [0.15, 0.2) is 53.4 Å². The summed E-state index contributed by atoms with van der Waals surface area (Å²) in [5.41, 5.74) is 2.33. The summed E-state index contributed by atoms with van der Waals surface area (Å²) >= 11 is 0. The molecule has 0 N–H and O–H groups in total. The molecule has 0 amide bonds. The second-order valence-electron chi connectivity index (χ2n) is 8.56. The molecule has 0 aliphatic carbocycles. The van der Waals surface area contributed by atoms with Crippen LogP contribution in [0.3, 0.4) is 0 Å². The standard InChI is InChI=1S/C25H27N3O5S/c1-18-7-8-19-5-4-6-23(24(19)26-18)33-25(29)21-17-20(9-10-22(21)27-11-2-3-12-27)34(30,31)28-13-15-32-16-14-28/h4-10,17H,2-3,11-16H2,1H3. The Balaban J connectivity index is 1.54. The zero-order valence-corrected chi connectivity index (χ0v) is 19.9. The molecule has 2 aliphatic heterocycles. The lowest BCUT2D eigenvalue weighted by atomic mass is 10.1. The Kier molecular flexibility index (Phi) is 6.24. The van der Waals surface area contributed by atoms with Crippen LogP contribution in [0.5, 0.6) is 5.75 Å². The number of anilines is 1. The van der Waals surface area contributed by atoms with E-state index in [1.54, 1.807) is 18.2 Å². The summed E-state index contributed by atoms with van der Waals surface area (Å²) in [7, 11) is -3.76. The van der Waals surface area contributed by atoms with Crippen LogP contribution in [0, 0.1) is 6.92 Å². The van der Waals surface area contributed by atoms with Gasteiger partial charge >= 0.3 is 5.97 Å². The molecule has 0 radical (unpaired) electrons. The van der Waals surface area contributed by atoms with Crippen LogP contribution in [-0.2, 0) is 14.8 Å². The number of hydrogen-bond acceptors (Lipinski definition) is 7. The summed E-state index contributed by atoms with van der Waals surface area (Å²) in [6, 6.07) is 14.0. The van der Waals surface area contributed by atoms with E-state index in [0.29, 0.717) is 30.2 Å². The van der Waals surface area contributed by atoms with Gasteiger partial charge in [0.05, 0.1) is 29.4 Å². The van der Waals surface area contributed by atoms with Crippen molar-refractivity contribution in [2.75, 3.05) is 44.3 Å². The molecule has 2 aliphatic rings. The topological polar surface area (TPSA) is 89.0 Å². The van der Waals surface area contributed by atoms with Crippen molar-refractivity contribution in [3.63, 3.8) is 0 Å². The highest BCUT2D eigenvalue weighted by Crippen LogP contribution is 2.31. The smallest absolute Gasteiger partial charge is 0.345 e. The first-order chi connectivity index (χ1) is 16.4. The molecular formula is C25H27N3O5S. The average Bonchev–Trinajstić information content (AvgIpc) is 3.39. The average molecular weight is 482 g/mol. The van der Waals surface area contributed by atoms with Crippen LogP contribution < -0.4 is 9.64 Å². The normalized spacial score (nSPS) is 17.3. The SMILES string of the molecule is Cc1ccc2cccc(OC(=O)c3cc(S(=O)(=O)N4CCOCC4)ccc3N3CCCC3)c2n1. The van der Waals surface area contributed by atoms with E-state index in [0.717, 1.165) is 37.0 Å². The van der Waals surface area contributed by atoms with Crippen molar-refractivity contribution >= 4 is 32.6 Å². The van der Waals surface area contributed by atoms with Crippen molar-refractivity contribution in [3.05, 3.63) is 59.8 Å². The number of para-hydroxylation sites is 1. The largest absolute Gasteiger partial charge is 0.421 e. The maximum absolute atomic E-state index is 13.5. The summed E-state index contributed by atoms with van der Waals surface area (Å²) in [5.74, 6) is -0.253. The van der Waals surface area contributed by atoms with Gasteiger partial charge < -0.3 is 14.4 Å². The Morgan fingerprint density at radius 3 is 2.53 bits per heavy atom. The Morgan fingerprint density at radius 2 is 1.76 bits per heavy atom. The van der Waals surface area contributed by atoms with Gasteiger partial charge in [-0.2, -0.15) is 4.31 Å². The maximum atomic E-state index is 13.5. The highest BCUT2D eigenvalue weighted by molar-refractivity contribution is 7.89. The van der Waals surface area contributed by atoms with Gasteiger partial charge in [0, 0.05) is 37.3 Å². The van der Waals surface area contributed by atoms with Crippen LogP contribution in [0.25, 0.3) is 10.9 Å². The molecule has 9 heteroatoms. The quantitative estimate of drug-likeness (QED) is 0.408. The molecule has 0 atom stereocenters. The van der Waals surface area contributed by atoms with Crippen LogP contribution in [0.4, 0.5) is 5.69 Å². The Labute approximate surface area is 199 Å². The minimum Gasteiger partial charge on any atom is -0.421 e. The van der Waals surface area contributed by atoms with Gasteiger partial charge in [-0.1, -0.05) is 18.2 Å². The fraction of sp³-hybridized carbons (Fsp3) is 0.360. The van der Waals surface area contributed by atoms with Crippen LogP contribution >= 0.6 is 0 Å². The van der Waals surface area contributed by atoms with E-state index in [2.05, 4.69) is 9.88 Å². The number of benzene rings is 2. The molecule has 2 saturated heterocycles. The number of pyridine rings is 1. The first-order valence-electron chi connectivity index (χ1n) is 11.5. The zero-order valence-electron chi connectivity index (χ0n) is 19.1. The van der Waals surface area contributed by atoms with E-state index in [1.807, 2.05) is 31.2 Å². The van der Waals surface area contributed by atoms with Gasteiger partial charge in [0.2, 0.25) is 10.0 Å². The summed E-state index contributed by atoms with van der Waals surface area (Å²) in [4.78, 5) is 20.2. The number of aromatic nitrogens is 1. The molecule has 178 valence electrons. The number of morpholine rings is 1. The van der Waals surface area contributed by atoms with Gasteiger partial charge in [-0.25, -0.2) is 18.2 Å². The second kappa shape index (κ2) is 9.32. The summed E-state index contributed by atoms with van der Waals surface area (Å²) < 4.78 is 39.0. The van der Waals surface area contributed by atoms with Gasteiger partial charge in [0.1, 0.15) is 5.52 Å². The number of esters is 1. The first kappa shape index (κ1) is 22.8. The third kappa shape index (κ3) is 4.38. The van der Waals surface area contributed by atoms with Crippen LogP contribution in [0.1, 0.15) is 28.9 Å². The molecule has 34 heavy (non-hydrogen) atoms. The molecule has 5 rings (SSSR count). The molecule has 8 nitrogen and oxygen atoms in total. The van der Waals surface area contributed by atoms with E-state index in [4.69, 9.17) is 9.47 Å². The van der Waals surface area contributed by atoms with Gasteiger partial charge in [0.25, 0.3) is 0 Å². The van der Waals surface area contributed by atoms with Crippen molar-refractivity contribution in [2.45, 2.75) is 24.7 Å². The van der Waals surface area contributed by atoms with Crippen molar-refractivity contribution < 1.29 is 22.7 Å². The number of fused-ring (bicyclic) bond motifs is 1. The Hall–Kier alpha value is -3.01. The van der Waals surface area contributed by atoms with E-state index in [-0.39, 0.29) is 23.5 Å². The molecule has 3 aromatic rings. The number of ether oxygens (including phenoxy) is 2. The van der Waals surface area contributed by atoms with Gasteiger partial charge in [-0.15, -0.1) is 0 Å². The second-order valence-corrected chi connectivity index (χ2v) is 10.5. The lowest BCUT2D eigenvalue weighted by Crippen LogP contribution is -2.40. The van der Waals surface area contributed by atoms with E-state index >= 15 is 0 Å². The monoisotopic (exact) mass is 481 g/mol. The Bertz CT molecular complexity index is 1330. The maximum Gasteiger partial charge on any atom is 0.345 e. The number of rotatable bonds is 5. The van der Waals surface area contributed by atoms with Crippen molar-refractivity contribution in [3.8, 4) is 5.75 Å². The van der Waals surface area contributed by atoms with Crippen LogP contribution in [-0.4, -0.2) is 63.1 Å². The van der Waals surface area contributed by atoms with E-state index in [1.165, 1.54) is 10.4 Å². The number of carbonyl (C=O) groups is 1. The molecular weight excluding hydrogens is 454 g/mol. The fourth-order valence-electron chi connectivity index (χ4n) is 4.46. The molecule has 2 fully saturated rings. The minimum atomic E-state index is -3.76. The lowest BCUT2D eigenvalue weighted by molar-refractivity contribution is 0.0728. The van der Waals surface area contributed by atoms with Gasteiger partial charge in [-0.3, -0.25) is 0 Å². The van der Waals surface area contributed by atoms with Crippen LogP contribution in [0.2, 0.25) is 0 Å². The third-order valence-corrected chi connectivity index (χ3v) is 8.16. The van der Waals surface area contributed by atoms with Gasteiger partial charge in [-0.05, 0) is 50.1 Å². The third-order valence-electron chi connectivity index (χ3n) is 6.27. The molecule has 2 aromatic carbocycles.